The van der Waals surface area contributed by atoms with Crippen LogP contribution in [-0.2, 0) is 4.79 Å². The van der Waals surface area contributed by atoms with Gasteiger partial charge in [0.15, 0.2) is 0 Å². The second-order valence-corrected chi connectivity index (χ2v) is 6.69. The Kier molecular flexibility index (Phi) is 5.87. The first-order valence-electron chi connectivity index (χ1n) is 7.70. The van der Waals surface area contributed by atoms with Gasteiger partial charge >= 0.3 is 0 Å². The van der Waals surface area contributed by atoms with Crippen molar-refractivity contribution >= 4 is 23.6 Å². The number of amides is 2. The highest BCUT2D eigenvalue weighted by Crippen LogP contribution is 2.24. The molecule has 0 radical (unpaired) electrons. The molecule has 2 heterocycles. The number of rotatable bonds is 5. The van der Waals surface area contributed by atoms with Crippen LogP contribution in [0.2, 0.25) is 0 Å². The van der Waals surface area contributed by atoms with Crippen molar-refractivity contribution in [3.63, 3.8) is 0 Å². The fourth-order valence-corrected chi connectivity index (χ4v) is 3.39. The minimum Gasteiger partial charge on any atom is -0.475 e. The van der Waals surface area contributed by atoms with Gasteiger partial charge in [-0.2, -0.15) is 0 Å². The van der Waals surface area contributed by atoms with Gasteiger partial charge in [-0.15, -0.1) is 11.8 Å². The van der Waals surface area contributed by atoms with Crippen molar-refractivity contribution in [3.8, 4) is 5.88 Å². The van der Waals surface area contributed by atoms with Crippen LogP contribution >= 0.6 is 11.8 Å². The summed E-state index contributed by atoms with van der Waals surface area (Å²) in [6, 6.07) is 2.98. The second kappa shape index (κ2) is 7.68. The van der Waals surface area contributed by atoms with Crippen LogP contribution < -0.4 is 4.74 Å². The van der Waals surface area contributed by atoms with Crippen LogP contribution in [0.3, 0.4) is 0 Å². The van der Waals surface area contributed by atoms with Crippen LogP contribution in [0.4, 0.5) is 0 Å². The molecule has 2 amide bonds. The number of carbonyl (C=O) groups is 2. The van der Waals surface area contributed by atoms with E-state index in [4.69, 9.17) is 4.74 Å². The zero-order chi connectivity index (χ0) is 17.0. The van der Waals surface area contributed by atoms with Crippen LogP contribution in [0.5, 0.6) is 5.88 Å². The maximum absolute atomic E-state index is 12.7. The summed E-state index contributed by atoms with van der Waals surface area (Å²) in [4.78, 5) is 32.5. The quantitative estimate of drug-likeness (QED) is 0.821. The molecule has 1 saturated heterocycles. The Morgan fingerprint density at radius 1 is 1.48 bits per heavy atom. The van der Waals surface area contributed by atoms with E-state index in [2.05, 4.69) is 4.98 Å². The lowest BCUT2D eigenvalue weighted by atomic mass is 10.2. The van der Waals surface area contributed by atoms with Crippen LogP contribution in [0.15, 0.2) is 18.3 Å². The van der Waals surface area contributed by atoms with E-state index in [9.17, 15) is 9.59 Å². The summed E-state index contributed by atoms with van der Waals surface area (Å²) >= 11 is 1.59. The van der Waals surface area contributed by atoms with Crippen LogP contribution in [0.1, 0.15) is 31.1 Å². The molecule has 126 valence electrons. The van der Waals surface area contributed by atoms with Crippen LogP contribution in [0.25, 0.3) is 0 Å². The SMILES string of the molecule is CCN(C)C(=O)[C@H]1CSCN1C(=O)c1ccc(OC(C)C)nc1. The Balaban J connectivity index is 2.11. The molecule has 23 heavy (non-hydrogen) atoms. The molecule has 6 nitrogen and oxygen atoms in total. The lowest BCUT2D eigenvalue weighted by molar-refractivity contribution is -0.133. The number of ether oxygens (including phenoxy) is 1. The second-order valence-electron chi connectivity index (χ2n) is 5.69. The van der Waals surface area contributed by atoms with Crippen molar-refractivity contribution < 1.29 is 14.3 Å². The van der Waals surface area contributed by atoms with E-state index in [1.807, 2.05) is 20.8 Å². The highest BCUT2D eigenvalue weighted by Gasteiger charge is 2.36. The smallest absolute Gasteiger partial charge is 0.256 e. The molecule has 1 aliphatic rings. The van der Waals surface area contributed by atoms with Crippen LogP contribution in [-0.4, -0.2) is 64.0 Å². The molecule has 0 aromatic carbocycles. The number of likely N-dealkylation sites (N-methyl/N-ethyl adjacent to an activating group) is 1. The maximum atomic E-state index is 12.7. The number of thioether (sulfide) groups is 1. The van der Waals surface area contributed by atoms with Gasteiger partial charge in [0.25, 0.3) is 5.91 Å². The zero-order valence-corrected chi connectivity index (χ0v) is 14.8. The fraction of sp³-hybridized carbons (Fsp3) is 0.562. The van der Waals surface area contributed by atoms with Gasteiger partial charge in [0.1, 0.15) is 6.04 Å². The molecular formula is C16H23N3O3S. The topological polar surface area (TPSA) is 62.7 Å². The molecule has 2 rings (SSSR count). The van der Waals surface area contributed by atoms with Crippen molar-refractivity contribution in [1.29, 1.82) is 0 Å². The Hall–Kier alpha value is -1.76. The summed E-state index contributed by atoms with van der Waals surface area (Å²) in [7, 11) is 1.76. The van der Waals surface area contributed by atoms with Gasteiger partial charge in [0.05, 0.1) is 17.5 Å². The fourth-order valence-electron chi connectivity index (χ4n) is 2.24. The lowest BCUT2D eigenvalue weighted by Gasteiger charge is -2.26. The van der Waals surface area contributed by atoms with Crippen molar-refractivity contribution in [2.45, 2.75) is 32.9 Å². The zero-order valence-electron chi connectivity index (χ0n) is 14.0. The highest BCUT2D eigenvalue weighted by atomic mass is 32.2. The van der Waals surface area contributed by atoms with E-state index in [1.54, 1.807) is 40.7 Å². The van der Waals surface area contributed by atoms with Crippen molar-refractivity contribution in [1.82, 2.24) is 14.8 Å². The molecule has 1 aromatic rings. The monoisotopic (exact) mass is 337 g/mol. The van der Waals surface area contributed by atoms with Gasteiger partial charge < -0.3 is 14.5 Å². The first kappa shape index (κ1) is 17.6. The van der Waals surface area contributed by atoms with Gasteiger partial charge in [0.2, 0.25) is 11.8 Å². The largest absolute Gasteiger partial charge is 0.475 e. The summed E-state index contributed by atoms with van der Waals surface area (Å²) in [5.41, 5.74) is 0.473. The van der Waals surface area contributed by atoms with E-state index >= 15 is 0 Å². The normalized spacial score (nSPS) is 17.4. The van der Waals surface area contributed by atoms with E-state index in [-0.39, 0.29) is 17.9 Å². The summed E-state index contributed by atoms with van der Waals surface area (Å²) in [6.07, 6.45) is 1.54. The standard InChI is InChI=1S/C16H23N3O3S/c1-5-18(4)16(21)13-9-23-10-19(13)15(20)12-6-7-14(17-8-12)22-11(2)3/h6-8,11,13H,5,9-10H2,1-4H3/t13-/m1/s1. The predicted octanol–water partition coefficient (Wildman–Crippen LogP) is 1.86. The summed E-state index contributed by atoms with van der Waals surface area (Å²) < 4.78 is 5.48. The maximum Gasteiger partial charge on any atom is 0.256 e. The van der Waals surface area contributed by atoms with Gasteiger partial charge in [-0.25, -0.2) is 4.98 Å². The number of hydrogen-bond acceptors (Lipinski definition) is 5. The van der Waals surface area contributed by atoms with Crippen molar-refractivity contribution in [2.75, 3.05) is 25.2 Å². The number of hydrogen-bond donors (Lipinski definition) is 0. The van der Waals surface area contributed by atoms with Gasteiger partial charge in [-0.3, -0.25) is 9.59 Å². The molecule has 1 aromatic heterocycles. The average Bonchev–Trinajstić information content (AvgIpc) is 3.02. The minimum absolute atomic E-state index is 0.0152. The molecule has 1 fully saturated rings. The van der Waals surface area contributed by atoms with Gasteiger partial charge in [-0.1, -0.05) is 0 Å². The van der Waals surface area contributed by atoms with Crippen molar-refractivity contribution in [2.24, 2.45) is 0 Å². The third kappa shape index (κ3) is 4.16. The molecule has 7 heteroatoms. The summed E-state index contributed by atoms with van der Waals surface area (Å²) in [5.74, 6) is 1.47. The van der Waals surface area contributed by atoms with E-state index < -0.39 is 6.04 Å². The predicted molar refractivity (Wildman–Crippen MR) is 90.6 cm³/mol. The molecule has 0 unspecified atom stereocenters. The molecule has 1 aliphatic heterocycles. The van der Waals surface area contributed by atoms with Crippen LogP contribution in [0, 0.1) is 0 Å². The molecule has 0 spiro atoms. The van der Waals surface area contributed by atoms with Crippen molar-refractivity contribution in [3.05, 3.63) is 23.9 Å². The third-order valence-electron chi connectivity index (χ3n) is 3.62. The Labute approximate surface area is 141 Å². The summed E-state index contributed by atoms with van der Waals surface area (Å²) in [5, 5.41) is 0. The first-order valence-corrected chi connectivity index (χ1v) is 8.86. The molecule has 0 bridgehead atoms. The Bertz CT molecular complexity index is 562. The molecule has 1 atom stereocenters. The highest BCUT2D eigenvalue weighted by molar-refractivity contribution is 7.99. The Morgan fingerprint density at radius 3 is 2.78 bits per heavy atom. The molecule has 0 saturated carbocycles. The number of nitrogens with zero attached hydrogens (tertiary/aromatic N) is 3. The Morgan fingerprint density at radius 2 is 2.22 bits per heavy atom. The molecular weight excluding hydrogens is 314 g/mol. The number of aromatic nitrogens is 1. The number of pyridine rings is 1. The average molecular weight is 337 g/mol. The van der Waals surface area contributed by atoms with Gasteiger partial charge in [0, 0.05) is 31.6 Å². The summed E-state index contributed by atoms with van der Waals surface area (Å²) in [6.45, 7) is 6.39. The lowest BCUT2D eigenvalue weighted by Crippen LogP contribution is -2.47. The van der Waals surface area contributed by atoms with E-state index in [0.717, 1.165) is 0 Å². The molecule has 0 N–H and O–H groups in total. The van der Waals surface area contributed by atoms with E-state index in [1.165, 1.54) is 6.20 Å². The molecule has 0 aliphatic carbocycles. The first-order chi connectivity index (χ1) is 10.9. The minimum atomic E-state index is -0.399. The third-order valence-corrected chi connectivity index (χ3v) is 4.63. The number of carbonyl (C=O) groups excluding carboxylic acids is 2. The van der Waals surface area contributed by atoms with E-state index in [0.29, 0.717) is 29.6 Å². The van der Waals surface area contributed by atoms with Gasteiger partial charge in [-0.05, 0) is 26.8 Å².